The number of benzene rings is 3. The van der Waals surface area contributed by atoms with Gasteiger partial charge in [0.05, 0.1) is 35.8 Å². The van der Waals surface area contributed by atoms with Gasteiger partial charge in [0.25, 0.3) is 0 Å². The lowest BCUT2D eigenvalue weighted by Gasteiger charge is -2.38. The Labute approximate surface area is 300 Å². The summed E-state index contributed by atoms with van der Waals surface area (Å²) in [6.07, 6.45) is 5.32. The van der Waals surface area contributed by atoms with Crippen molar-refractivity contribution in [3.63, 3.8) is 0 Å². The number of rotatable bonds is 11. The first-order chi connectivity index (χ1) is 24.2. The van der Waals surface area contributed by atoms with Crippen molar-refractivity contribution >= 4 is 34.6 Å². The Morgan fingerprint density at radius 2 is 1.66 bits per heavy atom. The number of aromatic nitrogens is 6. The van der Waals surface area contributed by atoms with Gasteiger partial charge >= 0.3 is 5.69 Å². The Morgan fingerprint density at radius 3 is 2.36 bits per heavy atom. The third-order valence-electron chi connectivity index (χ3n) is 9.44. The average molecular weight is 720 g/mol. The molecule has 0 amide bonds. The predicted octanol–water partition coefficient (Wildman–Crippen LogP) is 5.89. The van der Waals surface area contributed by atoms with E-state index in [1.807, 2.05) is 38.1 Å². The molecule has 0 saturated carbocycles. The predicted molar refractivity (Wildman–Crippen MR) is 193 cm³/mol. The second-order valence-electron chi connectivity index (χ2n) is 12.7. The van der Waals surface area contributed by atoms with E-state index < -0.39 is 5.79 Å². The number of piperazine rings is 1. The van der Waals surface area contributed by atoms with Gasteiger partial charge in [-0.2, -0.15) is 20.1 Å². The minimum absolute atomic E-state index is 0.0631. The number of hydrogen-bond donors (Lipinski definition) is 0. The average Bonchev–Trinajstić information content (AvgIpc) is 3.88. The number of hydrogen-bond acceptors (Lipinski definition) is 9. The van der Waals surface area contributed by atoms with Crippen LogP contribution in [-0.4, -0.2) is 74.8 Å². The number of ether oxygens (including phenoxy) is 3. The molecule has 0 N–H and O–H groups in total. The summed E-state index contributed by atoms with van der Waals surface area (Å²) >= 11 is 12.8. The summed E-state index contributed by atoms with van der Waals surface area (Å²) in [5.74, 6) is -0.423. The van der Waals surface area contributed by atoms with Crippen molar-refractivity contribution in [1.82, 2.24) is 29.3 Å². The summed E-state index contributed by atoms with van der Waals surface area (Å²) in [6, 6.07) is 19.6. The van der Waals surface area contributed by atoms with Crippen LogP contribution in [-0.2, 0) is 21.8 Å². The molecule has 3 atom stereocenters. The third kappa shape index (κ3) is 6.98. The number of halogens is 2. The van der Waals surface area contributed by atoms with Crippen LogP contribution in [0, 0.1) is 6.92 Å². The largest absolute Gasteiger partial charge is 0.491 e. The van der Waals surface area contributed by atoms with Crippen LogP contribution in [0.2, 0.25) is 10.0 Å². The molecular weight excluding hydrogens is 679 g/mol. The van der Waals surface area contributed by atoms with Crippen LogP contribution in [0.15, 0.2) is 84.2 Å². The van der Waals surface area contributed by atoms with Crippen LogP contribution < -0.4 is 20.2 Å². The van der Waals surface area contributed by atoms with Crippen molar-refractivity contribution in [3.8, 4) is 11.4 Å². The fourth-order valence-electron chi connectivity index (χ4n) is 6.53. The number of nitrogens with zero attached hydrogens (tertiary/aromatic N) is 8. The van der Waals surface area contributed by atoms with Crippen molar-refractivity contribution in [2.24, 2.45) is 0 Å². The minimum Gasteiger partial charge on any atom is -0.491 e. The highest BCUT2D eigenvalue weighted by atomic mass is 35.5. The molecule has 0 spiro atoms. The lowest BCUT2D eigenvalue weighted by molar-refractivity contribution is -0.192. The molecule has 12 nitrogen and oxygen atoms in total. The van der Waals surface area contributed by atoms with Gasteiger partial charge < -0.3 is 24.0 Å². The minimum atomic E-state index is -1.19. The highest BCUT2D eigenvalue weighted by Gasteiger charge is 2.46. The Balaban J connectivity index is 0.947. The van der Waals surface area contributed by atoms with E-state index in [4.69, 9.17) is 37.4 Å². The van der Waals surface area contributed by atoms with E-state index in [0.717, 1.165) is 55.3 Å². The molecule has 0 bridgehead atoms. The van der Waals surface area contributed by atoms with Crippen molar-refractivity contribution in [2.45, 2.75) is 51.7 Å². The van der Waals surface area contributed by atoms with Crippen LogP contribution in [0.25, 0.3) is 5.69 Å². The summed E-state index contributed by atoms with van der Waals surface area (Å²) in [5.41, 5.74) is 4.82. The monoisotopic (exact) mass is 718 g/mol. The molecule has 7 rings (SSSR count). The second kappa shape index (κ2) is 14.5. The van der Waals surface area contributed by atoms with Crippen LogP contribution in [0.3, 0.4) is 0 Å². The number of aryl methyl sites for hydroxylation is 1. The molecule has 1 unspecified atom stereocenters. The zero-order valence-electron chi connectivity index (χ0n) is 28.3. The molecule has 2 fully saturated rings. The maximum atomic E-state index is 12.8. The molecule has 2 aliphatic heterocycles. The molecule has 5 aromatic rings. The highest BCUT2D eigenvalue weighted by Crippen LogP contribution is 2.40. The van der Waals surface area contributed by atoms with E-state index in [-0.39, 0.29) is 24.4 Å². The zero-order valence-corrected chi connectivity index (χ0v) is 29.8. The maximum Gasteiger partial charge on any atom is 0.350 e. The molecule has 2 aromatic heterocycles. The van der Waals surface area contributed by atoms with Crippen molar-refractivity contribution in [1.29, 1.82) is 0 Å². The van der Waals surface area contributed by atoms with Gasteiger partial charge in [-0.25, -0.2) is 14.0 Å². The van der Waals surface area contributed by atoms with E-state index in [0.29, 0.717) is 28.8 Å². The van der Waals surface area contributed by atoms with Crippen molar-refractivity contribution < 1.29 is 14.2 Å². The van der Waals surface area contributed by atoms with Crippen LogP contribution in [0.4, 0.5) is 11.4 Å². The first-order valence-corrected chi connectivity index (χ1v) is 17.6. The summed E-state index contributed by atoms with van der Waals surface area (Å²) in [7, 11) is 0. The summed E-state index contributed by atoms with van der Waals surface area (Å²) < 4.78 is 22.1. The Morgan fingerprint density at radius 1 is 0.940 bits per heavy atom. The highest BCUT2D eigenvalue weighted by molar-refractivity contribution is 6.35. The van der Waals surface area contributed by atoms with Gasteiger partial charge in [0.1, 0.15) is 31.3 Å². The van der Waals surface area contributed by atoms with Gasteiger partial charge in [0, 0.05) is 48.1 Å². The van der Waals surface area contributed by atoms with E-state index in [9.17, 15) is 4.79 Å². The third-order valence-corrected chi connectivity index (χ3v) is 9.98. The molecule has 4 heterocycles. The molecule has 0 radical (unpaired) electrons. The molecule has 50 heavy (non-hydrogen) atoms. The van der Waals surface area contributed by atoms with Gasteiger partial charge in [-0.15, -0.1) is 0 Å². The van der Waals surface area contributed by atoms with Crippen molar-refractivity contribution in [3.05, 3.63) is 111 Å². The Hall–Kier alpha value is -4.36. The normalized spacial score (nSPS) is 20.0. The lowest BCUT2D eigenvalue weighted by atomic mass is 10.1. The molecule has 0 aliphatic carbocycles. The van der Waals surface area contributed by atoms with Gasteiger partial charge in [0.2, 0.25) is 5.79 Å². The topological polar surface area (TPSA) is 105 Å². The van der Waals surface area contributed by atoms with Crippen LogP contribution in [0.5, 0.6) is 5.75 Å². The smallest absolute Gasteiger partial charge is 0.350 e. The number of anilines is 2. The molecule has 262 valence electrons. The zero-order chi connectivity index (χ0) is 34.8. The van der Waals surface area contributed by atoms with E-state index in [2.05, 4.69) is 56.3 Å². The SMILES string of the molecule is CCC(C)n1ncn(-c2ccc(N3CCN(c4ccc(OC[C@@H]5CO[C@@](Cn6nccn6)(c6ccc(Cl)cc6Cl)O5)cc4C)CC3)cc2)c1=O. The standard InChI is InChI=1S/C36H40Cl2N8O4/c1-4-26(3)46-35(47)44(24-41-46)29-8-6-28(7-9-29)42-15-17-43(18-16-42)34-12-10-30(19-25(34)2)48-21-31-22-49-36(50-31,23-45-39-13-14-40-45)32-11-5-27(37)20-33(32)38/h5-14,19-20,24,26,31H,4,15-18,21-23H2,1-3H3/t26?,31-,36-/m1/s1. The van der Waals surface area contributed by atoms with E-state index in [1.54, 1.807) is 40.1 Å². The molecule has 2 aliphatic rings. The van der Waals surface area contributed by atoms with Gasteiger partial charge in [-0.05, 0) is 80.4 Å². The lowest BCUT2D eigenvalue weighted by Crippen LogP contribution is -2.46. The van der Waals surface area contributed by atoms with Crippen LogP contribution >= 0.6 is 23.2 Å². The first-order valence-electron chi connectivity index (χ1n) is 16.8. The van der Waals surface area contributed by atoms with Gasteiger partial charge in [0.15, 0.2) is 0 Å². The fourth-order valence-corrected chi connectivity index (χ4v) is 7.08. The first kappa shape index (κ1) is 34.1. The summed E-state index contributed by atoms with van der Waals surface area (Å²) in [5, 5.41) is 13.8. The molecule has 14 heteroatoms. The van der Waals surface area contributed by atoms with Crippen LogP contribution in [0.1, 0.15) is 37.4 Å². The second-order valence-corrected chi connectivity index (χ2v) is 13.6. The maximum absolute atomic E-state index is 12.8. The van der Waals surface area contributed by atoms with Gasteiger partial charge in [-0.1, -0.05) is 36.2 Å². The van der Waals surface area contributed by atoms with E-state index in [1.165, 1.54) is 10.5 Å². The van der Waals surface area contributed by atoms with Crippen molar-refractivity contribution in [2.75, 3.05) is 49.2 Å². The van der Waals surface area contributed by atoms with E-state index >= 15 is 0 Å². The molecular formula is C36H40Cl2N8O4. The van der Waals surface area contributed by atoms with Gasteiger partial charge in [-0.3, -0.25) is 0 Å². The quantitative estimate of drug-likeness (QED) is 0.166. The summed E-state index contributed by atoms with van der Waals surface area (Å²) in [6.45, 7) is 10.5. The Bertz CT molecular complexity index is 1970. The fraction of sp³-hybridized carbons (Fsp3) is 0.389. The molecule has 3 aromatic carbocycles. The Kier molecular flexibility index (Phi) is 9.87. The summed E-state index contributed by atoms with van der Waals surface area (Å²) in [4.78, 5) is 19.1. The molecule has 2 saturated heterocycles.